The lowest BCUT2D eigenvalue weighted by Crippen LogP contribution is -2.66. The highest BCUT2D eigenvalue weighted by Gasteiger charge is 2.61. The minimum absolute atomic E-state index is 0.0136. The zero-order valence-corrected chi connectivity index (χ0v) is 21.7. The lowest BCUT2D eigenvalue weighted by atomic mass is 9.61. The standard InChI is InChI=1S/C26H30ClF2N7O/c1-34-9-3-4-19(12-34)37-21-10-18(27)6-7-20(21)31-24-32-23(33-35(24)2)17-5-8-22(30-11-17)36-15-25(16-36)13-26(28,29)14-25/h5-8,10-11,19H,3-4,9,12-16H2,1-2H3,(H,31,32,33). The van der Waals surface area contributed by atoms with Gasteiger partial charge in [0.15, 0.2) is 5.82 Å². The Hall–Kier alpha value is -2.98. The molecule has 0 bridgehead atoms. The Balaban J connectivity index is 1.14. The number of halogens is 3. The molecular weight excluding hydrogens is 500 g/mol. The number of pyridine rings is 1. The third kappa shape index (κ3) is 4.96. The fraction of sp³-hybridized carbons (Fsp3) is 0.500. The van der Waals surface area contributed by atoms with Gasteiger partial charge < -0.3 is 19.9 Å². The van der Waals surface area contributed by atoms with Gasteiger partial charge in [-0.1, -0.05) is 11.6 Å². The van der Waals surface area contributed by atoms with Crippen LogP contribution in [0.2, 0.25) is 5.02 Å². The van der Waals surface area contributed by atoms with Crippen LogP contribution in [-0.4, -0.2) is 69.9 Å². The van der Waals surface area contributed by atoms with Gasteiger partial charge >= 0.3 is 0 Å². The number of hydrogen-bond donors (Lipinski definition) is 1. The van der Waals surface area contributed by atoms with Gasteiger partial charge in [-0.3, -0.25) is 0 Å². The molecule has 8 nitrogen and oxygen atoms in total. The van der Waals surface area contributed by atoms with Crippen LogP contribution < -0.4 is 15.0 Å². The molecule has 1 saturated carbocycles. The van der Waals surface area contributed by atoms with Crippen molar-refractivity contribution in [3.63, 3.8) is 0 Å². The van der Waals surface area contributed by atoms with Gasteiger partial charge in [-0.2, -0.15) is 4.98 Å². The summed E-state index contributed by atoms with van der Waals surface area (Å²) < 4.78 is 34.6. The lowest BCUT2D eigenvalue weighted by Gasteiger charge is -2.59. The number of rotatable bonds is 6. The maximum absolute atomic E-state index is 13.3. The Labute approximate surface area is 219 Å². The normalized spacial score (nSPS) is 22.4. The first-order valence-electron chi connectivity index (χ1n) is 12.6. The van der Waals surface area contributed by atoms with E-state index in [-0.39, 0.29) is 24.4 Å². The number of likely N-dealkylation sites (N-methyl/N-ethyl adjacent to an activating group) is 1. The number of likely N-dealkylation sites (tertiary alicyclic amines) is 1. The van der Waals surface area contributed by atoms with E-state index in [1.165, 1.54) is 0 Å². The summed E-state index contributed by atoms with van der Waals surface area (Å²) in [5.74, 6) is 0.0661. The van der Waals surface area contributed by atoms with Crippen LogP contribution in [0.5, 0.6) is 5.75 Å². The average Bonchev–Trinajstić information content (AvgIpc) is 3.18. The number of benzene rings is 1. The van der Waals surface area contributed by atoms with Crippen molar-refractivity contribution >= 4 is 29.1 Å². The molecular formula is C26H30ClF2N7O. The molecule has 1 N–H and O–H groups in total. The topological polar surface area (TPSA) is 71.3 Å². The number of piperidine rings is 1. The van der Waals surface area contributed by atoms with Crippen molar-refractivity contribution in [2.24, 2.45) is 12.5 Å². The molecule has 11 heteroatoms. The van der Waals surface area contributed by atoms with Crippen molar-refractivity contribution in [1.82, 2.24) is 24.6 Å². The summed E-state index contributed by atoms with van der Waals surface area (Å²) in [5, 5.41) is 8.50. The van der Waals surface area contributed by atoms with E-state index in [1.807, 2.05) is 42.3 Å². The molecule has 1 atom stereocenters. The third-order valence-electron chi connectivity index (χ3n) is 7.48. The van der Waals surface area contributed by atoms with E-state index < -0.39 is 5.92 Å². The van der Waals surface area contributed by atoms with Gasteiger partial charge in [0.05, 0.1) is 5.69 Å². The lowest BCUT2D eigenvalue weighted by molar-refractivity contribution is -0.170. The number of anilines is 3. The fourth-order valence-electron chi connectivity index (χ4n) is 5.73. The van der Waals surface area contributed by atoms with E-state index >= 15 is 0 Å². The van der Waals surface area contributed by atoms with E-state index in [0.29, 0.717) is 35.6 Å². The Morgan fingerprint density at radius 2 is 1.95 bits per heavy atom. The van der Waals surface area contributed by atoms with Gasteiger partial charge in [-0.05, 0) is 50.7 Å². The predicted molar refractivity (Wildman–Crippen MR) is 139 cm³/mol. The molecule has 0 radical (unpaired) electrons. The van der Waals surface area contributed by atoms with E-state index in [0.717, 1.165) is 43.0 Å². The molecule has 37 heavy (non-hydrogen) atoms. The van der Waals surface area contributed by atoms with E-state index in [2.05, 4.69) is 32.3 Å². The first kappa shape index (κ1) is 24.4. The maximum Gasteiger partial charge on any atom is 0.249 e. The second-order valence-electron chi connectivity index (χ2n) is 10.8. The Kier molecular flexibility index (Phi) is 5.99. The summed E-state index contributed by atoms with van der Waals surface area (Å²) in [5.41, 5.74) is 1.31. The zero-order valence-electron chi connectivity index (χ0n) is 20.9. The minimum atomic E-state index is -2.49. The molecule has 1 unspecified atom stereocenters. The Morgan fingerprint density at radius 1 is 1.14 bits per heavy atom. The van der Waals surface area contributed by atoms with E-state index in [9.17, 15) is 8.78 Å². The quantitative estimate of drug-likeness (QED) is 0.482. The van der Waals surface area contributed by atoms with Gasteiger partial charge in [0, 0.05) is 67.8 Å². The molecule has 4 heterocycles. The fourth-order valence-corrected chi connectivity index (χ4v) is 5.89. The predicted octanol–water partition coefficient (Wildman–Crippen LogP) is 4.98. The van der Waals surface area contributed by atoms with E-state index in [4.69, 9.17) is 16.3 Å². The number of nitrogens with one attached hydrogen (secondary N) is 1. The van der Waals surface area contributed by atoms with Crippen LogP contribution in [0.3, 0.4) is 0 Å². The van der Waals surface area contributed by atoms with Crippen LogP contribution in [0.4, 0.5) is 26.2 Å². The van der Waals surface area contributed by atoms with Gasteiger partial charge in [-0.25, -0.2) is 18.4 Å². The minimum Gasteiger partial charge on any atom is -0.487 e. The molecule has 6 rings (SSSR count). The number of nitrogens with zero attached hydrogens (tertiary/aromatic N) is 6. The average molecular weight is 530 g/mol. The largest absolute Gasteiger partial charge is 0.487 e. The molecule has 3 aliphatic rings. The molecule has 196 valence electrons. The number of alkyl halides is 2. The first-order chi connectivity index (χ1) is 17.7. The van der Waals surface area contributed by atoms with Crippen molar-refractivity contribution in [3.05, 3.63) is 41.6 Å². The van der Waals surface area contributed by atoms with Crippen molar-refractivity contribution in [2.75, 3.05) is 43.4 Å². The van der Waals surface area contributed by atoms with Gasteiger partial charge in [-0.15, -0.1) is 5.10 Å². The summed E-state index contributed by atoms with van der Waals surface area (Å²) >= 11 is 6.28. The maximum atomic E-state index is 13.3. The molecule has 1 aliphatic carbocycles. The second-order valence-corrected chi connectivity index (χ2v) is 11.2. The Morgan fingerprint density at radius 3 is 2.65 bits per heavy atom. The van der Waals surface area contributed by atoms with Crippen molar-refractivity contribution < 1.29 is 13.5 Å². The summed E-state index contributed by atoms with van der Waals surface area (Å²) in [7, 11) is 3.92. The molecule has 1 spiro atoms. The summed E-state index contributed by atoms with van der Waals surface area (Å²) in [6, 6.07) is 9.33. The number of aryl methyl sites for hydroxylation is 1. The summed E-state index contributed by atoms with van der Waals surface area (Å²) in [6.45, 7) is 3.21. The highest BCUT2D eigenvalue weighted by atomic mass is 35.5. The summed E-state index contributed by atoms with van der Waals surface area (Å²) in [6.07, 6.45) is 3.89. The molecule has 3 fully saturated rings. The van der Waals surface area contributed by atoms with Crippen LogP contribution in [0.15, 0.2) is 36.5 Å². The second kappa shape index (κ2) is 9.09. The number of aromatic nitrogens is 4. The van der Waals surface area contributed by atoms with Crippen LogP contribution in [0, 0.1) is 5.41 Å². The van der Waals surface area contributed by atoms with Gasteiger partial charge in [0.1, 0.15) is 17.7 Å². The van der Waals surface area contributed by atoms with Gasteiger partial charge in [0.2, 0.25) is 11.9 Å². The number of hydrogen-bond acceptors (Lipinski definition) is 7. The van der Waals surface area contributed by atoms with Gasteiger partial charge in [0.25, 0.3) is 0 Å². The molecule has 2 saturated heterocycles. The molecule has 2 aliphatic heterocycles. The van der Waals surface area contributed by atoms with E-state index in [1.54, 1.807) is 10.9 Å². The van der Waals surface area contributed by atoms with Crippen molar-refractivity contribution in [3.8, 4) is 17.1 Å². The monoisotopic (exact) mass is 529 g/mol. The highest BCUT2D eigenvalue weighted by molar-refractivity contribution is 6.30. The van der Waals surface area contributed by atoms with Crippen molar-refractivity contribution in [2.45, 2.75) is 37.7 Å². The molecule has 0 amide bonds. The van der Waals surface area contributed by atoms with Crippen LogP contribution in [0.1, 0.15) is 25.7 Å². The SMILES string of the molecule is CN1CCCC(Oc2cc(Cl)ccc2Nc2nc(-c3ccc(N4CC5(C4)CC(F)(F)C5)nc3)nn2C)C1. The highest BCUT2D eigenvalue weighted by Crippen LogP contribution is 2.57. The van der Waals surface area contributed by atoms with Crippen LogP contribution in [-0.2, 0) is 7.05 Å². The molecule has 1 aromatic carbocycles. The molecule has 2 aromatic heterocycles. The first-order valence-corrected chi connectivity index (χ1v) is 13.0. The smallest absolute Gasteiger partial charge is 0.249 e. The van der Waals surface area contributed by atoms with Crippen LogP contribution in [0.25, 0.3) is 11.4 Å². The van der Waals surface area contributed by atoms with Crippen LogP contribution >= 0.6 is 11.6 Å². The zero-order chi connectivity index (χ0) is 25.8. The third-order valence-corrected chi connectivity index (χ3v) is 7.71. The number of ether oxygens (including phenoxy) is 1. The molecule has 3 aromatic rings. The summed E-state index contributed by atoms with van der Waals surface area (Å²) in [4.78, 5) is 13.5. The Bertz CT molecular complexity index is 1280. The van der Waals surface area contributed by atoms with Crippen molar-refractivity contribution in [1.29, 1.82) is 0 Å².